The molecule has 1 aliphatic heterocycles. The summed E-state index contributed by atoms with van der Waals surface area (Å²) in [5.41, 5.74) is 0. The number of hydrogen-bond donors (Lipinski definition) is 0. The maximum absolute atomic E-state index is 13.5. The molecule has 1 fully saturated rings. The number of carbonyl (C=O) groups is 3. The molecule has 1 rings (SSSR count). The maximum atomic E-state index is 13.5. The molecule has 7 nitrogen and oxygen atoms in total. The van der Waals surface area contributed by atoms with Gasteiger partial charge in [0.15, 0.2) is 0 Å². The normalized spacial score (nSPS) is 21.9. The summed E-state index contributed by atoms with van der Waals surface area (Å²) >= 11 is 0. The van der Waals surface area contributed by atoms with E-state index in [2.05, 4.69) is 13.8 Å². The Morgan fingerprint density at radius 3 is 2.09 bits per heavy atom. The van der Waals surface area contributed by atoms with Gasteiger partial charge >= 0.3 is 0 Å². The van der Waals surface area contributed by atoms with Gasteiger partial charge in [0, 0.05) is 39.6 Å². The minimum atomic E-state index is -0.409. The van der Waals surface area contributed by atoms with Gasteiger partial charge in [-0.2, -0.15) is 0 Å². The van der Waals surface area contributed by atoms with Crippen LogP contribution in [0.4, 0.5) is 0 Å². The molecule has 1 saturated heterocycles. The monoisotopic (exact) mass is 468 g/mol. The summed E-state index contributed by atoms with van der Waals surface area (Å²) in [5, 5.41) is 0. The van der Waals surface area contributed by atoms with Crippen molar-refractivity contribution in [3.8, 4) is 0 Å². The molecular formula is C26H48N2O5. The van der Waals surface area contributed by atoms with Gasteiger partial charge in [0.2, 0.25) is 11.8 Å². The molecule has 1 heterocycles. The second-order valence-corrected chi connectivity index (χ2v) is 10.2. The van der Waals surface area contributed by atoms with Crippen LogP contribution in [0.2, 0.25) is 0 Å². The summed E-state index contributed by atoms with van der Waals surface area (Å²) in [6, 6.07) is -0.325. The lowest BCUT2D eigenvalue weighted by Gasteiger charge is -2.40. The SMILES string of the molecule is CC[C@H](C)[C@@H]([C@@H](CC(=O)N1CCC[C@H]1[C@H](OC)[C@@H](C)C(C)=O)OC)N(C)C(=O)[C@@H](C)C(C)C. The third-order valence-electron chi connectivity index (χ3n) is 7.88. The van der Waals surface area contributed by atoms with Gasteiger partial charge in [-0.1, -0.05) is 48.0 Å². The van der Waals surface area contributed by atoms with Gasteiger partial charge in [0.05, 0.1) is 30.7 Å². The lowest BCUT2D eigenvalue weighted by Crippen LogP contribution is -2.53. The van der Waals surface area contributed by atoms with Crippen LogP contribution >= 0.6 is 0 Å². The van der Waals surface area contributed by atoms with Crippen LogP contribution in [-0.2, 0) is 23.9 Å². The van der Waals surface area contributed by atoms with Crippen LogP contribution in [0.15, 0.2) is 0 Å². The van der Waals surface area contributed by atoms with E-state index >= 15 is 0 Å². The molecule has 0 aromatic heterocycles. The van der Waals surface area contributed by atoms with Crippen molar-refractivity contribution in [1.82, 2.24) is 9.80 Å². The van der Waals surface area contributed by atoms with Crippen molar-refractivity contribution in [3.05, 3.63) is 0 Å². The molecule has 0 aromatic carbocycles. The minimum Gasteiger partial charge on any atom is -0.379 e. The Morgan fingerprint density at radius 1 is 1.03 bits per heavy atom. The van der Waals surface area contributed by atoms with Crippen LogP contribution in [0.25, 0.3) is 0 Å². The van der Waals surface area contributed by atoms with Crippen LogP contribution in [0, 0.1) is 23.7 Å². The number of ketones is 1. The van der Waals surface area contributed by atoms with Gasteiger partial charge in [-0.05, 0) is 31.6 Å². The highest BCUT2D eigenvalue weighted by Gasteiger charge is 2.41. The minimum absolute atomic E-state index is 0.00629. The quantitative estimate of drug-likeness (QED) is 0.411. The van der Waals surface area contributed by atoms with Crippen LogP contribution in [-0.4, -0.2) is 79.5 Å². The average molecular weight is 469 g/mol. The van der Waals surface area contributed by atoms with E-state index in [1.807, 2.05) is 39.6 Å². The molecule has 192 valence electrons. The summed E-state index contributed by atoms with van der Waals surface area (Å²) in [4.78, 5) is 42.3. The number of amides is 2. The van der Waals surface area contributed by atoms with Gasteiger partial charge in [0.1, 0.15) is 5.78 Å². The van der Waals surface area contributed by atoms with E-state index in [1.54, 1.807) is 26.0 Å². The Bertz CT molecular complexity index is 653. The van der Waals surface area contributed by atoms with Gasteiger partial charge in [-0.25, -0.2) is 0 Å². The molecule has 33 heavy (non-hydrogen) atoms. The number of ether oxygens (including phenoxy) is 2. The molecule has 7 heteroatoms. The molecule has 0 aliphatic carbocycles. The Morgan fingerprint density at radius 2 is 1.64 bits per heavy atom. The first-order valence-corrected chi connectivity index (χ1v) is 12.5. The van der Waals surface area contributed by atoms with Crippen molar-refractivity contribution >= 4 is 17.6 Å². The molecule has 7 atom stereocenters. The van der Waals surface area contributed by atoms with Gasteiger partial charge in [-0.3, -0.25) is 14.4 Å². The first-order valence-electron chi connectivity index (χ1n) is 12.5. The summed E-state index contributed by atoms with van der Waals surface area (Å²) in [6.07, 6.45) is 2.04. The fourth-order valence-corrected chi connectivity index (χ4v) is 4.99. The molecule has 0 radical (unpaired) electrons. The van der Waals surface area contributed by atoms with Gasteiger partial charge < -0.3 is 19.3 Å². The predicted octanol–water partition coefficient (Wildman–Crippen LogP) is 3.79. The summed E-state index contributed by atoms with van der Waals surface area (Å²) < 4.78 is 11.5. The molecule has 0 aromatic rings. The van der Waals surface area contributed by atoms with Crippen LogP contribution in [0.5, 0.6) is 0 Å². The van der Waals surface area contributed by atoms with Crippen molar-refractivity contribution in [2.24, 2.45) is 23.7 Å². The Labute approximate surface area is 201 Å². The van der Waals surface area contributed by atoms with E-state index in [4.69, 9.17) is 9.47 Å². The van der Waals surface area contributed by atoms with Crippen molar-refractivity contribution in [3.63, 3.8) is 0 Å². The van der Waals surface area contributed by atoms with Crippen LogP contribution in [0.3, 0.4) is 0 Å². The zero-order chi connectivity index (χ0) is 25.5. The smallest absolute Gasteiger partial charge is 0.225 e. The van der Waals surface area contributed by atoms with Crippen molar-refractivity contribution in [2.45, 2.75) is 98.4 Å². The number of Topliss-reactive ketones (excluding diaryl/α,β-unsaturated/α-hetero) is 1. The zero-order valence-corrected chi connectivity index (χ0v) is 22.6. The number of likely N-dealkylation sites (tertiary alicyclic amines) is 1. The summed E-state index contributed by atoms with van der Waals surface area (Å²) in [5.74, 6) is 0.169. The number of carbonyl (C=O) groups excluding carboxylic acids is 3. The predicted molar refractivity (Wildman–Crippen MR) is 131 cm³/mol. The molecular weight excluding hydrogens is 420 g/mol. The molecule has 0 N–H and O–H groups in total. The fourth-order valence-electron chi connectivity index (χ4n) is 4.99. The molecule has 0 saturated carbocycles. The largest absolute Gasteiger partial charge is 0.379 e. The third-order valence-corrected chi connectivity index (χ3v) is 7.88. The van der Waals surface area contributed by atoms with Gasteiger partial charge in [0.25, 0.3) is 0 Å². The number of nitrogens with zero attached hydrogens (tertiary/aromatic N) is 2. The summed E-state index contributed by atoms with van der Waals surface area (Å²) in [6.45, 7) is 14.4. The standard InChI is InChI=1S/C26H48N2O5/c1-11-17(4)24(27(8)26(31)18(5)16(2)3)22(32-9)15-23(30)28-14-12-13-21(28)25(33-10)19(6)20(7)29/h16-19,21-22,24-25H,11-15H2,1-10H3/t17-,18-,19-,21-,22+,24-,25+/m0/s1. The van der Waals surface area contributed by atoms with E-state index < -0.39 is 6.10 Å². The van der Waals surface area contributed by atoms with Gasteiger partial charge in [-0.15, -0.1) is 0 Å². The fraction of sp³-hybridized carbons (Fsp3) is 0.885. The Hall–Kier alpha value is -1.47. The number of rotatable bonds is 13. The topological polar surface area (TPSA) is 76.2 Å². The molecule has 2 amide bonds. The van der Waals surface area contributed by atoms with E-state index in [0.29, 0.717) is 6.54 Å². The summed E-state index contributed by atoms with van der Waals surface area (Å²) in [7, 11) is 5.07. The van der Waals surface area contributed by atoms with Crippen molar-refractivity contribution in [1.29, 1.82) is 0 Å². The second-order valence-electron chi connectivity index (χ2n) is 10.2. The number of methoxy groups -OCH3 is 2. The molecule has 0 unspecified atom stereocenters. The van der Waals surface area contributed by atoms with E-state index in [0.717, 1.165) is 19.3 Å². The first kappa shape index (κ1) is 29.6. The Kier molecular flexibility index (Phi) is 12.0. The van der Waals surface area contributed by atoms with Crippen LogP contribution in [0.1, 0.15) is 74.1 Å². The maximum Gasteiger partial charge on any atom is 0.225 e. The highest BCUT2D eigenvalue weighted by atomic mass is 16.5. The lowest BCUT2D eigenvalue weighted by atomic mass is 9.88. The zero-order valence-electron chi connectivity index (χ0n) is 22.6. The van der Waals surface area contributed by atoms with E-state index in [-0.39, 0.29) is 65.9 Å². The number of hydrogen-bond acceptors (Lipinski definition) is 5. The first-order chi connectivity index (χ1) is 15.4. The molecule has 0 bridgehead atoms. The molecule has 0 spiro atoms. The van der Waals surface area contributed by atoms with Crippen LogP contribution < -0.4 is 0 Å². The lowest BCUT2D eigenvalue weighted by molar-refractivity contribution is -0.147. The Balaban J connectivity index is 3.11. The number of likely N-dealkylation sites (N-methyl/N-ethyl adjacent to an activating group) is 1. The van der Waals surface area contributed by atoms with E-state index in [9.17, 15) is 14.4 Å². The highest BCUT2D eigenvalue weighted by Crippen LogP contribution is 2.29. The highest BCUT2D eigenvalue weighted by molar-refractivity contribution is 5.81. The molecule has 1 aliphatic rings. The van der Waals surface area contributed by atoms with E-state index in [1.165, 1.54) is 0 Å². The van der Waals surface area contributed by atoms with Crippen molar-refractivity contribution in [2.75, 3.05) is 27.8 Å². The second kappa shape index (κ2) is 13.4. The van der Waals surface area contributed by atoms with Crippen molar-refractivity contribution < 1.29 is 23.9 Å². The average Bonchev–Trinajstić information content (AvgIpc) is 3.26. The third kappa shape index (κ3) is 7.25.